The quantitative estimate of drug-likeness (QED) is 0.338. The van der Waals surface area contributed by atoms with E-state index in [9.17, 15) is 9.59 Å². The summed E-state index contributed by atoms with van der Waals surface area (Å²) in [5.74, 6) is 0.217. The Hall–Kier alpha value is -2.59. The maximum absolute atomic E-state index is 13.8. The van der Waals surface area contributed by atoms with Gasteiger partial charge in [-0.25, -0.2) is 9.69 Å². The van der Waals surface area contributed by atoms with E-state index in [1.54, 1.807) is 38.5 Å². The molecule has 1 heterocycles. The van der Waals surface area contributed by atoms with E-state index < -0.39 is 17.6 Å². The van der Waals surface area contributed by atoms with Gasteiger partial charge in [0, 0.05) is 12.0 Å². The van der Waals surface area contributed by atoms with E-state index in [0.29, 0.717) is 18.1 Å². The van der Waals surface area contributed by atoms with Gasteiger partial charge in [-0.2, -0.15) is 0 Å². The zero-order valence-electron chi connectivity index (χ0n) is 19.6. The van der Waals surface area contributed by atoms with Gasteiger partial charge in [-0.3, -0.25) is 4.79 Å². The van der Waals surface area contributed by atoms with Gasteiger partial charge in [0.15, 0.2) is 0 Å². The fourth-order valence-electron chi connectivity index (χ4n) is 3.39. The van der Waals surface area contributed by atoms with Crippen molar-refractivity contribution in [3.63, 3.8) is 0 Å². The van der Waals surface area contributed by atoms with E-state index in [4.69, 9.17) is 14.2 Å². The van der Waals surface area contributed by atoms with Gasteiger partial charge >= 0.3 is 6.09 Å². The lowest BCUT2D eigenvalue weighted by Gasteiger charge is -2.27. The van der Waals surface area contributed by atoms with Crippen LogP contribution in [0.25, 0.3) is 10.9 Å². The molecule has 0 fully saturated rings. The zero-order valence-corrected chi connectivity index (χ0v) is 21.7. The van der Waals surface area contributed by atoms with Crippen LogP contribution in [-0.4, -0.2) is 40.8 Å². The van der Waals surface area contributed by atoms with Crippen LogP contribution in [0.1, 0.15) is 43.7 Å². The molecule has 2 aromatic carbocycles. The van der Waals surface area contributed by atoms with Crippen LogP contribution in [0.3, 0.4) is 0 Å². The molecule has 0 bridgehead atoms. The van der Waals surface area contributed by atoms with Crippen LogP contribution in [0.4, 0.5) is 4.79 Å². The predicted molar refractivity (Wildman–Crippen MR) is 135 cm³/mol. The molecule has 0 spiro atoms. The van der Waals surface area contributed by atoms with Crippen LogP contribution >= 0.6 is 22.6 Å². The Kier molecular flexibility index (Phi) is 8.01. The lowest BCUT2D eigenvalue weighted by molar-refractivity contribution is 0.0216. The third-order valence-corrected chi connectivity index (χ3v) is 6.13. The number of hydrogen-bond acceptors (Lipinski definition) is 5. The SMILES string of the molecule is CCOCn1c(C(=O)N(Cc2cccc(OC)c2I)C(=O)OC(C)(C)C)cc2ccccc21. The third-order valence-electron chi connectivity index (χ3n) is 4.90. The number of ether oxygens (including phenoxy) is 3. The summed E-state index contributed by atoms with van der Waals surface area (Å²) in [6.45, 7) is 7.95. The van der Waals surface area contributed by atoms with Crippen LogP contribution in [0.2, 0.25) is 0 Å². The summed E-state index contributed by atoms with van der Waals surface area (Å²) >= 11 is 2.16. The molecule has 0 aliphatic rings. The molecule has 176 valence electrons. The molecule has 8 heteroatoms. The number of rotatable bonds is 7. The van der Waals surface area contributed by atoms with Gasteiger partial charge in [0.25, 0.3) is 5.91 Å². The summed E-state index contributed by atoms with van der Waals surface area (Å²) < 4.78 is 19.2. The van der Waals surface area contributed by atoms with Crippen LogP contribution in [-0.2, 0) is 22.7 Å². The molecule has 3 aromatic rings. The molecule has 3 rings (SSSR count). The van der Waals surface area contributed by atoms with Crippen LogP contribution < -0.4 is 4.74 Å². The number of hydrogen-bond donors (Lipinski definition) is 0. The van der Waals surface area contributed by atoms with E-state index >= 15 is 0 Å². The molecule has 0 N–H and O–H groups in total. The van der Waals surface area contributed by atoms with Crippen molar-refractivity contribution in [1.29, 1.82) is 0 Å². The Labute approximate surface area is 207 Å². The summed E-state index contributed by atoms with van der Waals surface area (Å²) in [5, 5.41) is 0.889. The minimum absolute atomic E-state index is 0.0411. The minimum Gasteiger partial charge on any atom is -0.496 e. The Bertz CT molecular complexity index is 1150. The number of fused-ring (bicyclic) bond motifs is 1. The predicted octanol–water partition coefficient (Wildman–Crippen LogP) is 5.83. The van der Waals surface area contributed by atoms with Crippen molar-refractivity contribution in [3.05, 3.63) is 63.4 Å². The van der Waals surface area contributed by atoms with Crippen LogP contribution in [0.15, 0.2) is 48.5 Å². The van der Waals surface area contributed by atoms with Gasteiger partial charge in [0.1, 0.15) is 23.8 Å². The van der Waals surface area contributed by atoms with Crippen molar-refractivity contribution >= 4 is 45.5 Å². The highest BCUT2D eigenvalue weighted by Gasteiger charge is 2.31. The van der Waals surface area contributed by atoms with E-state index in [1.807, 2.05) is 49.4 Å². The van der Waals surface area contributed by atoms with Crippen molar-refractivity contribution in [2.45, 2.75) is 46.6 Å². The average molecular weight is 564 g/mol. The van der Waals surface area contributed by atoms with Gasteiger partial charge in [0.2, 0.25) is 0 Å². The first kappa shape index (κ1) is 25.0. The fourth-order valence-corrected chi connectivity index (χ4v) is 4.14. The number of aromatic nitrogens is 1. The number of benzene rings is 2. The molecule has 0 aliphatic heterocycles. The lowest BCUT2D eigenvalue weighted by atomic mass is 10.2. The molecular formula is C25H29IN2O5. The zero-order chi connectivity index (χ0) is 24.2. The van der Waals surface area contributed by atoms with Crippen molar-refractivity contribution in [1.82, 2.24) is 9.47 Å². The number of carbonyl (C=O) groups excluding carboxylic acids is 2. The molecule has 0 aliphatic carbocycles. The van der Waals surface area contributed by atoms with Crippen molar-refractivity contribution < 1.29 is 23.8 Å². The van der Waals surface area contributed by atoms with E-state index in [0.717, 1.165) is 24.9 Å². The molecule has 0 radical (unpaired) electrons. The van der Waals surface area contributed by atoms with Crippen molar-refractivity contribution in [3.8, 4) is 5.75 Å². The van der Waals surface area contributed by atoms with Gasteiger partial charge in [-0.1, -0.05) is 30.3 Å². The Morgan fingerprint density at radius 1 is 1.09 bits per heavy atom. The number of carbonyl (C=O) groups is 2. The average Bonchev–Trinajstić information content (AvgIpc) is 3.13. The highest BCUT2D eigenvalue weighted by Crippen LogP contribution is 2.27. The highest BCUT2D eigenvalue weighted by atomic mass is 127. The molecule has 2 amide bonds. The fraction of sp³-hybridized carbons (Fsp3) is 0.360. The summed E-state index contributed by atoms with van der Waals surface area (Å²) in [5.41, 5.74) is 1.24. The summed E-state index contributed by atoms with van der Waals surface area (Å²) in [7, 11) is 1.59. The number of para-hydroxylation sites is 1. The molecule has 0 saturated carbocycles. The molecule has 33 heavy (non-hydrogen) atoms. The number of amides is 2. The maximum atomic E-state index is 13.8. The summed E-state index contributed by atoms with van der Waals surface area (Å²) in [6, 6.07) is 15.0. The molecule has 0 saturated heterocycles. The van der Waals surface area contributed by atoms with Gasteiger partial charge in [-0.15, -0.1) is 0 Å². The number of nitrogens with zero attached hydrogens (tertiary/aromatic N) is 2. The van der Waals surface area contributed by atoms with E-state index in [1.165, 1.54) is 0 Å². The van der Waals surface area contributed by atoms with Gasteiger partial charge in [0.05, 0.1) is 22.7 Å². The van der Waals surface area contributed by atoms with Gasteiger partial charge in [-0.05, 0) is 74.0 Å². The standard InChI is InChI=1S/C25H29IN2O5/c1-6-32-16-28-19-12-8-7-10-17(19)14-20(28)23(29)27(24(30)33-25(2,3)4)15-18-11-9-13-21(31-5)22(18)26/h7-14H,6,15-16H2,1-5H3. The second-order valence-corrected chi connectivity index (χ2v) is 9.52. The number of halogens is 1. The molecule has 0 atom stereocenters. The monoisotopic (exact) mass is 564 g/mol. The molecule has 1 aromatic heterocycles. The number of imide groups is 1. The second-order valence-electron chi connectivity index (χ2n) is 8.44. The lowest BCUT2D eigenvalue weighted by Crippen LogP contribution is -2.41. The first-order chi connectivity index (χ1) is 15.7. The molecule has 0 unspecified atom stereocenters. The van der Waals surface area contributed by atoms with Gasteiger partial charge < -0.3 is 18.8 Å². The maximum Gasteiger partial charge on any atom is 0.417 e. The van der Waals surface area contributed by atoms with E-state index in [-0.39, 0.29) is 13.3 Å². The molecule has 7 nitrogen and oxygen atoms in total. The number of methoxy groups -OCH3 is 1. The first-order valence-corrected chi connectivity index (χ1v) is 11.8. The minimum atomic E-state index is -0.755. The first-order valence-electron chi connectivity index (χ1n) is 10.7. The largest absolute Gasteiger partial charge is 0.496 e. The second kappa shape index (κ2) is 10.6. The summed E-state index contributed by atoms with van der Waals surface area (Å²) in [6.07, 6.45) is -0.709. The normalized spacial score (nSPS) is 11.5. The smallest absolute Gasteiger partial charge is 0.417 e. The third kappa shape index (κ3) is 5.86. The van der Waals surface area contributed by atoms with Crippen LogP contribution in [0, 0.1) is 3.57 Å². The molecular weight excluding hydrogens is 535 g/mol. The van der Waals surface area contributed by atoms with Crippen molar-refractivity contribution in [2.75, 3.05) is 13.7 Å². The highest BCUT2D eigenvalue weighted by molar-refractivity contribution is 14.1. The Balaban J connectivity index is 2.07. The Morgan fingerprint density at radius 2 is 1.82 bits per heavy atom. The summed E-state index contributed by atoms with van der Waals surface area (Å²) in [4.78, 5) is 28.1. The Morgan fingerprint density at radius 3 is 2.48 bits per heavy atom. The van der Waals surface area contributed by atoms with E-state index in [2.05, 4.69) is 22.6 Å². The topological polar surface area (TPSA) is 70.0 Å². The van der Waals surface area contributed by atoms with Crippen LogP contribution in [0.5, 0.6) is 5.75 Å². The van der Waals surface area contributed by atoms with Crippen molar-refractivity contribution in [2.24, 2.45) is 0 Å².